The van der Waals surface area contributed by atoms with Gasteiger partial charge in [-0.3, -0.25) is 19.2 Å². The minimum absolute atomic E-state index is 0.0747. The molecule has 0 amide bonds. The van der Waals surface area contributed by atoms with Gasteiger partial charge in [-0.05, 0) is 29.9 Å². The number of fused-ring (bicyclic) bond motifs is 3. The number of benzene rings is 1. The highest BCUT2D eigenvalue weighted by Gasteiger charge is 2.51. The fourth-order valence-electron chi connectivity index (χ4n) is 3.98. The lowest BCUT2D eigenvalue weighted by molar-refractivity contribution is -0.154. The first-order valence-electron chi connectivity index (χ1n) is 7.63. The average molecular weight is 314 g/mol. The minimum atomic E-state index is -0.549. The maximum Gasteiger partial charge on any atom is 0.321 e. The second-order valence-corrected chi connectivity index (χ2v) is 6.32. The lowest BCUT2D eigenvalue weighted by Crippen LogP contribution is -2.27. The van der Waals surface area contributed by atoms with Crippen LogP contribution in [0.25, 0.3) is 0 Å². The SMILES string of the molecule is O=C1CC(CC2CC3C(=O)OC(=O)C3c3ccccc32)C(=O)O1. The van der Waals surface area contributed by atoms with Crippen LogP contribution in [0, 0.1) is 11.8 Å². The van der Waals surface area contributed by atoms with Crippen molar-refractivity contribution in [2.75, 3.05) is 0 Å². The van der Waals surface area contributed by atoms with Gasteiger partial charge in [-0.2, -0.15) is 0 Å². The number of ether oxygens (including phenoxy) is 2. The second-order valence-electron chi connectivity index (χ2n) is 6.32. The van der Waals surface area contributed by atoms with Crippen LogP contribution in [0.4, 0.5) is 0 Å². The molecular formula is C17H14O6. The minimum Gasteiger partial charge on any atom is -0.393 e. The molecule has 4 rings (SSSR count). The lowest BCUT2D eigenvalue weighted by Gasteiger charge is -2.31. The Morgan fingerprint density at radius 1 is 0.870 bits per heavy atom. The van der Waals surface area contributed by atoms with Crippen molar-refractivity contribution in [3.05, 3.63) is 35.4 Å². The Labute approximate surface area is 131 Å². The van der Waals surface area contributed by atoms with E-state index in [1.54, 1.807) is 0 Å². The highest BCUT2D eigenvalue weighted by molar-refractivity contribution is 6.00. The van der Waals surface area contributed by atoms with Crippen molar-refractivity contribution in [2.24, 2.45) is 11.8 Å². The summed E-state index contributed by atoms with van der Waals surface area (Å²) in [6, 6.07) is 7.43. The van der Waals surface area contributed by atoms with E-state index in [2.05, 4.69) is 4.74 Å². The third-order valence-corrected chi connectivity index (χ3v) is 5.00. The van der Waals surface area contributed by atoms with Gasteiger partial charge in [0.1, 0.15) is 0 Å². The Kier molecular flexibility index (Phi) is 3.07. The summed E-state index contributed by atoms with van der Waals surface area (Å²) in [6.45, 7) is 0. The van der Waals surface area contributed by atoms with Gasteiger partial charge >= 0.3 is 23.9 Å². The number of carbonyl (C=O) groups excluding carboxylic acids is 4. The van der Waals surface area contributed by atoms with E-state index in [0.29, 0.717) is 12.8 Å². The molecule has 0 bridgehead atoms. The summed E-state index contributed by atoms with van der Waals surface area (Å²) in [7, 11) is 0. The quantitative estimate of drug-likeness (QED) is 0.606. The molecule has 1 aromatic carbocycles. The number of cyclic esters (lactones) is 4. The molecule has 1 aromatic rings. The van der Waals surface area contributed by atoms with Gasteiger partial charge in [0.2, 0.25) is 0 Å². The molecule has 0 radical (unpaired) electrons. The predicted octanol–water partition coefficient (Wildman–Crippen LogP) is 1.44. The van der Waals surface area contributed by atoms with Crippen molar-refractivity contribution in [3.63, 3.8) is 0 Å². The molecule has 2 saturated heterocycles. The van der Waals surface area contributed by atoms with Crippen LogP contribution >= 0.6 is 0 Å². The fraction of sp³-hybridized carbons (Fsp3) is 0.412. The fourth-order valence-corrected chi connectivity index (χ4v) is 3.98. The number of carbonyl (C=O) groups is 4. The zero-order valence-electron chi connectivity index (χ0n) is 12.2. The number of esters is 4. The van der Waals surface area contributed by atoms with Gasteiger partial charge in [0.05, 0.1) is 24.2 Å². The molecule has 1 aliphatic carbocycles. The van der Waals surface area contributed by atoms with Crippen molar-refractivity contribution in [1.82, 2.24) is 0 Å². The van der Waals surface area contributed by atoms with E-state index in [1.165, 1.54) is 0 Å². The molecule has 4 atom stereocenters. The molecule has 6 nitrogen and oxygen atoms in total. The first kappa shape index (κ1) is 14.1. The smallest absolute Gasteiger partial charge is 0.321 e. The molecule has 0 saturated carbocycles. The summed E-state index contributed by atoms with van der Waals surface area (Å²) in [5.41, 5.74) is 1.75. The maximum absolute atomic E-state index is 12.0. The van der Waals surface area contributed by atoms with Crippen LogP contribution in [-0.2, 0) is 28.7 Å². The van der Waals surface area contributed by atoms with Crippen LogP contribution in [0.3, 0.4) is 0 Å². The Morgan fingerprint density at radius 3 is 2.30 bits per heavy atom. The van der Waals surface area contributed by atoms with Crippen LogP contribution in [0.1, 0.15) is 42.2 Å². The molecular weight excluding hydrogens is 300 g/mol. The highest BCUT2D eigenvalue weighted by atomic mass is 16.6. The van der Waals surface area contributed by atoms with Crippen molar-refractivity contribution in [1.29, 1.82) is 0 Å². The third-order valence-electron chi connectivity index (χ3n) is 5.00. The molecule has 6 heteroatoms. The van der Waals surface area contributed by atoms with Crippen LogP contribution in [0.15, 0.2) is 24.3 Å². The Balaban J connectivity index is 1.68. The largest absolute Gasteiger partial charge is 0.393 e. The summed E-state index contributed by atoms with van der Waals surface area (Å²) in [6.07, 6.45) is 0.964. The number of hydrogen-bond donors (Lipinski definition) is 0. The van der Waals surface area contributed by atoms with E-state index >= 15 is 0 Å². The van der Waals surface area contributed by atoms with Gasteiger partial charge in [0, 0.05) is 0 Å². The van der Waals surface area contributed by atoms with Crippen LogP contribution in [-0.4, -0.2) is 23.9 Å². The van der Waals surface area contributed by atoms with Crippen LogP contribution < -0.4 is 0 Å². The van der Waals surface area contributed by atoms with Crippen molar-refractivity contribution < 1.29 is 28.7 Å². The van der Waals surface area contributed by atoms with E-state index < -0.39 is 41.6 Å². The van der Waals surface area contributed by atoms with Crippen LogP contribution in [0.5, 0.6) is 0 Å². The summed E-state index contributed by atoms with van der Waals surface area (Å²) in [5.74, 6) is -3.61. The highest BCUT2D eigenvalue weighted by Crippen LogP contribution is 2.49. The molecule has 0 aromatic heterocycles. The molecule has 0 spiro atoms. The van der Waals surface area contributed by atoms with E-state index in [0.717, 1.165) is 11.1 Å². The van der Waals surface area contributed by atoms with Crippen molar-refractivity contribution in [3.8, 4) is 0 Å². The zero-order valence-corrected chi connectivity index (χ0v) is 12.2. The molecule has 0 N–H and O–H groups in total. The third kappa shape index (κ3) is 2.17. The first-order valence-corrected chi connectivity index (χ1v) is 7.63. The van der Waals surface area contributed by atoms with E-state index in [9.17, 15) is 19.2 Å². The monoisotopic (exact) mass is 314 g/mol. The summed E-state index contributed by atoms with van der Waals surface area (Å²) in [4.78, 5) is 46.9. The van der Waals surface area contributed by atoms with Crippen molar-refractivity contribution in [2.45, 2.75) is 31.1 Å². The summed E-state index contributed by atoms with van der Waals surface area (Å²) < 4.78 is 9.40. The summed E-state index contributed by atoms with van der Waals surface area (Å²) in [5, 5.41) is 0. The van der Waals surface area contributed by atoms with Gasteiger partial charge in [-0.25, -0.2) is 0 Å². The van der Waals surface area contributed by atoms with Gasteiger partial charge < -0.3 is 9.47 Å². The topological polar surface area (TPSA) is 86.7 Å². The first-order chi connectivity index (χ1) is 11.0. The maximum atomic E-state index is 12.0. The van der Waals surface area contributed by atoms with Crippen LogP contribution in [0.2, 0.25) is 0 Å². The molecule has 2 aliphatic heterocycles. The predicted molar refractivity (Wildman–Crippen MR) is 75.0 cm³/mol. The van der Waals surface area contributed by atoms with Gasteiger partial charge in [-0.15, -0.1) is 0 Å². The molecule has 2 heterocycles. The number of hydrogen-bond acceptors (Lipinski definition) is 6. The average Bonchev–Trinajstić information content (AvgIpc) is 2.98. The van der Waals surface area contributed by atoms with E-state index in [4.69, 9.17) is 4.74 Å². The Hall–Kier alpha value is -2.50. The summed E-state index contributed by atoms with van der Waals surface area (Å²) >= 11 is 0. The molecule has 4 unspecified atom stereocenters. The van der Waals surface area contributed by atoms with Gasteiger partial charge in [0.25, 0.3) is 0 Å². The molecule has 3 aliphatic rings. The Bertz CT molecular complexity index is 736. The lowest BCUT2D eigenvalue weighted by atomic mass is 9.69. The normalized spacial score (nSPS) is 32.3. The van der Waals surface area contributed by atoms with Gasteiger partial charge in [-0.1, -0.05) is 24.3 Å². The Morgan fingerprint density at radius 2 is 1.61 bits per heavy atom. The van der Waals surface area contributed by atoms with Gasteiger partial charge in [0.15, 0.2) is 0 Å². The molecule has 23 heavy (non-hydrogen) atoms. The second kappa shape index (κ2) is 5.01. The van der Waals surface area contributed by atoms with Crippen molar-refractivity contribution >= 4 is 23.9 Å². The molecule has 118 valence electrons. The zero-order chi connectivity index (χ0) is 16.1. The molecule has 2 fully saturated rings. The number of rotatable bonds is 2. The van der Waals surface area contributed by atoms with E-state index in [-0.39, 0.29) is 12.3 Å². The standard InChI is InChI=1S/C17H14O6/c18-13-7-9(15(19)22-13)5-8-6-12-14(17(21)23-16(12)20)11-4-2-1-3-10(8)11/h1-4,8-9,12,14H,5-7H2. The van der Waals surface area contributed by atoms with E-state index in [1.807, 2.05) is 24.3 Å².